The highest BCUT2D eigenvalue weighted by atomic mass is 16.1. The zero-order valence-electron chi connectivity index (χ0n) is 10.8. The van der Waals surface area contributed by atoms with E-state index in [2.05, 4.69) is 22.1 Å². The third-order valence-electron chi connectivity index (χ3n) is 3.60. The van der Waals surface area contributed by atoms with Crippen molar-refractivity contribution in [1.82, 2.24) is 9.97 Å². The van der Waals surface area contributed by atoms with Crippen molar-refractivity contribution in [1.29, 1.82) is 0 Å². The van der Waals surface area contributed by atoms with Crippen LogP contribution in [0, 0.1) is 6.92 Å². The van der Waals surface area contributed by atoms with Crippen LogP contribution in [0.2, 0.25) is 0 Å². The van der Waals surface area contributed by atoms with Crippen molar-refractivity contribution in [2.45, 2.75) is 25.7 Å². The van der Waals surface area contributed by atoms with Crippen molar-refractivity contribution in [3.8, 4) is 0 Å². The third kappa shape index (κ3) is 2.10. The van der Waals surface area contributed by atoms with Crippen LogP contribution in [0.3, 0.4) is 0 Å². The summed E-state index contributed by atoms with van der Waals surface area (Å²) in [6.07, 6.45) is 1.27. The number of rotatable bonds is 1. The van der Waals surface area contributed by atoms with Gasteiger partial charge < -0.3 is 5.73 Å². The number of benzene rings is 1. The lowest BCUT2D eigenvalue weighted by molar-refractivity contribution is 0.0962. The lowest BCUT2D eigenvalue weighted by atomic mass is 9.81. The molecule has 1 atom stereocenters. The molecule has 0 saturated carbocycles. The number of hydrogen-bond acceptors (Lipinski definition) is 4. The minimum Gasteiger partial charge on any atom is -0.368 e. The number of aryl methyl sites for hydroxylation is 1. The number of fused-ring (bicyclic) bond motifs is 1. The summed E-state index contributed by atoms with van der Waals surface area (Å²) >= 11 is 0. The van der Waals surface area contributed by atoms with Gasteiger partial charge in [0.05, 0.1) is 17.0 Å². The number of nitrogens with zero attached hydrogens (tertiary/aromatic N) is 2. The Kier molecular flexibility index (Phi) is 2.78. The minimum atomic E-state index is 0.118. The maximum absolute atomic E-state index is 12.3. The summed E-state index contributed by atoms with van der Waals surface area (Å²) in [4.78, 5) is 20.6. The smallest absolute Gasteiger partial charge is 0.220 e. The quantitative estimate of drug-likeness (QED) is 0.846. The molecule has 0 saturated heterocycles. The van der Waals surface area contributed by atoms with Crippen LogP contribution in [0.25, 0.3) is 0 Å². The molecule has 0 bridgehead atoms. The van der Waals surface area contributed by atoms with Crippen LogP contribution in [0.5, 0.6) is 0 Å². The van der Waals surface area contributed by atoms with Crippen molar-refractivity contribution < 1.29 is 4.79 Å². The molecule has 96 valence electrons. The highest BCUT2D eigenvalue weighted by Crippen LogP contribution is 2.32. The van der Waals surface area contributed by atoms with Gasteiger partial charge in [-0.2, -0.15) is 0 Å². The lowest BCUT2D eigenvalue weighted by Gasteiger charge is -2.24. The average molecular weight is 253 g/mol. The van der Waals surface area contributed by atoms with Crippen LogP contribution in [-0.4, -0.2) is 15.8 Å². The Labute approximate surface area is 111 Å². The van der Waals surface area contributed by atoms with E-state index in [9.17, 15) is 4.79 Å². The Morgan fingerprint density at radius 3 is 2.63 bits per heavy atom. The standard InChI is InChI=1S/C15H15N3O/c1-9-14-12(18-15(16)17-9)7-11(8-13(14)19)10-5-3-2-4-6-10/h2-6,11H,7-8H2,1H3,(H2,16,17,18). The minimum absolute atomic E-state index is 0.118. The van der Waals surface area contributed by atoms with E-state index in [1.54, 1.807) is 0 Å². The van der Waals surface area contributed by atoms with Gasteiger partial charge in [-0.1, -0.05) is 30.3 Å². The fourth-order valence-electron chi connectivity index (χ4n) is 2.76. The van der Waals surface area contributed by atoms with E-state index in [-0.39, 0.29) is 17.6 Å². The van der Waals surface area contributed by atoms with Gasteiger partial charge in [0.15, 0.2) is 5.78 Å². The molecule has 1 aromatic heterocycles. The third-order valence-corrected chi connectivity index (χ3v) is 3.60. The zero-order chi connectivity index (χ0) is 13.4. The van der Waals surface area contributed by atoms with Gasteiger partial charge in [0.1, 0.15) is 0 Å². The number of aromatic nitrogens is 2. The molecule has 2 aromatic rings. The van der Waals surface area contributed by atoms with Crippen molar-refractivity contribution in [2.75, 3.05) is 5.73 Å². The van der Waals surface area contributed by atoms with Gasteiger partial charge in [-0.3, -0.25) is 4.79 Å². The van der Waals surface area contributed by atoms with Crippen molar-refractivity contribution in [3.05, 3.63) is 52.8 Å². The molecule has 4 heteroatoms. The summed E-state index contributed by atoms with van der Waals surface area (Å²) in [6, 6.07) is 10.1. The summed E-state index contributed by atoms with van der Waals surface area (Å²) in [7, 11) is 0. The van der Waals surface area contributed by atoms with Crippen LogP contribution in [0.15, 0.2) is 30.3 Å². The van der Waals surface area contributed by atoms with E-state index >= 15 is 0 Å². The first-order valence-corrected chi connectivity index (χ1v) is 6.36. The Morgan fingerprint density at radius 2 is 1.89 bits per heavy atom. The van der Waals surface area contributed by atoms with Crippen molar-refractivity contribution in [3.63, 3.8) is 0 Å². The number of hydrogen-bond donors (Lipinski definition) is 1. The van der Waals surface area contributed by atoms with E-state index in [1.165, 1.54) is 5.56 Å². The normalized spacial score (nSPS) is 18.2. The van der Waals surface area contributed by atoms with E-state index < -0.39 is 0 Å². The molecular formula is C15H15N3O. The van der Waals surface area contributed by atoms with Crippen LogP contribution < -0.4 is 5.73 Å². The second-order valence-corrected chi connectivity index (χ2v) is 4.93. The number of carbonyl (C=O) groups is 1. The molecule has 0 radical (unpaired) electrons. The maximum Gasteiger partial charge on any atom is 0.220 e. The molecule has 0 fully saturated rings. The van der Waals surface area contributed by atoms with Gasteiger partial charge in [0, 0.05) is 6.42 Å². The van der Waals surface area contributed by atoms with Crippen LogP contribution in [-0.2, 0) is 6.42 Å². The van der Waals surface area contributed by atoms with Gasteiger partial charge in [-0.25, -0.2) is 9.97 Å². The molecule has 0 aliphatic heterocycles. The first-order chi connectivity index (χ1) is 9.15. The number of anilines is 1. The Bertz CT molecular complexity index is 637. The predicted molar refractivity (Wildman–Crippen MR) is 73.0 cm³/mol. The molecule has 1 aromatic carbocycles. The summed E-state index contributed by atoms with van der Waals surface area (Å²) in [5, 5.41) is 0. The van der Waals surface area contributed by atoms with Crippen LogP contribution in [0.4, 0.5) is 5.95 Å². The van der Waals surface area contributed by atoms with Gasteiger partial charge in [0.2, 0.25) is 5.95 Å². The van der Waals surface area contributed by atoms with Crippen LogP contribution >= 0.6 is 0 Å². The Hall–Kier alpha value is -2.23. The molecule has 1 aliphatic rings. The molecule has 2 N–H and O–H groups in total. The van der Waals surface area contributed by atoms with Crippen LogP contribution in [0.1, 0.15) is 39.6 Å². The number of Topliss-reactive ketones (excluding diaryl/α,β-unsaturated/α-hetero) is 1. The summed E-state index contributed by atoms with van der Waals surface area (Å²) < 4.78 is 0. The Balaban J connectivity index is 2.03. The number of ketones is 1. The fourth-order valence-corrected chi connectivity index (χ4v) is 2.76. The highest BCUT2D eigenvalue weighted by molar-refractivity contribution is 5.99. The second kappa shape index (κ2) is 4.46. The lowest BCUT2D eigenvalue weighted by Crippen LogP contribution is -2.22. The zero-order valence-corrected chi connectivity index (χ0v) is 10.8. The van der Waals surface area contributed by atoms with Gasteiger partial charge in [0.25, 0.3) is 0 Å². The SMILES string of the molecule is Cc1nc(N)nc2c1C(=O)CC(c1ccccc1)C2. The molecule has 1 heterocycles. The van der Waals surface area contributed by atoms with Crippen molar-refractivity contribution in [2.24, 2.45) is 0 Å². The first kappa shape index (κ1) is 11.8. The number of carbonyl (C=O) groups excluding carboxylic acids is 1. The average Bonchev–Trinajstić information content (AvgIpc) is 2.38. The first-order valence-electron chi connectivity index (χ1n) is 6.36. The largest absolute Gasteiger partial charge is 0.368 e. The molecule has 4 nitrogen and oxygen atoms in total. The van der Waals surface area contributed by atoms with Crippen molar-refractivity contribution >= 4 is 11.7 Å². The van der Waals surface area contributed by atoms with E-state index in [0.717, 1.165) is 12.1 Å². The molecule has 1 aliphatic carbocycles. The highest BCUT2D eigenvalue weighted by Gasteiger charge is 2.29. The maximum atomic E-state index is 12.3. The molecule has 19 heavy (non-hydrogen) atoms. The van der Waals surface area contributed by atoms with E-state index in [4.69, 9.17) is 5.73 Å². The molecule has 0 amide bonds. The second-order valence-electron chi connectivity index (χ2n) is 4.93. The summed E-state index contributed by atoms with van der Waals surface area (Å²) in [5.74, 6) is 0.556. The number of nitrogen functional groups attached to an aromatic ring is 1. The van der Waals surface area contributed by atoms with Gasteiger partial charge in [-0.15, -0.1) is 0 Å². The topological polar surface area (TPSA) is 68.9 Å². The van der Waals surface area contributed by atoms with E-state index in [0.29, 0.717) is 17.7 Å². The monoisotopic (exact) mass is 253 g/mol. The molecule has 0 spiro atoms. The van der Waals surface area contributed by atoms with Gasteiger partial charge in [-0.05, 0) is 24.8 Å². The molecule has 3 rings (SSSR count). The van der Waals surface area contributed by atoms with Gasteiger partial charge >= 0.3 is 0 Å². The summed E-state index contributed by atoms with van der Waals surface area (Å²) in [5.41, 5.74) is 9.00. The fraction of sp³-hybridized carbons (Fsp3) is 0.267. The predicted octanol–water partition coefficient (Wildman–Crippen LogP) is 2.28. The number of nitrogens with two attached hydrogens (primary N) is 1. The Morgan fingerprint density at radius 1 is 1.16 bits per heavy atom. The molecule has 1 unspecified atom stereocenters. The summed E-state index contributed by atoms with van der Waals surface area (Å²) in [6.45, 7) is 1.82. The molecular weight excluding hydrogens is 238 g/mol. The van der Waals surface area contributed by atoms with E-state index in [1.807, 2.05) is 25.1 Å².